The molecule has 0 saturated heterocycles. The molecule has 1 atom stereocenters. The Morgan fingerprint density at radius 2 is 1.68 bits per heavy atom. The third kappa shape index (κ3) is 4.44. The average Bonchev–Trinajstić information content (AvgIpc) is 2.54. The third-order valence-electron chi connectivity index (χ3n) is 5.69. The number of aryl methyl sites for hydroxylation is 1. The molecule has 1 aliphatic carbocycles. The topological polar surface area (TPSA) is 17.1 Å². The molecule has 0 bridgehead atoms. The van der Waals surface area contributed by atoms with Gasteiger partial charge < -0.3 is 0 Å². The van der Waals surface area contributed by atoms with Crippen LogP contribution in [0.3, 0.4) is 0 Å². The van der Waals surface area contributed by atoms with E-state index in [1.807, 2.05) is 6.92 Å². The van der Waals surface area contributed by atoms with Gasteiger partial charge in [0.2, 0.25) is 0 Å². The number of carbonyl (C=O) groups is 1. The van der Waals surface area contributed by atoms with Crippen LogP contribution in [0, 0.1) is 11.3 Å². The van der Waals surface area contributed by atoms with E-state index in [0.29, 0.717) is 11.7 Å². The molecule has 1 unspecified atom stereocenters. The van der Waals surface area contributed by atoms with E-state index >= 15 is 0 Å². The van der Waals surface area contributed by atoms with Gasteiger partial charge in [0.1, 0.15) is 5.78 Å². The van der Waals surface area contributed by atoms with Gasteiger partial charge in [0.15, 0.2) is 0 Å². The van der Waals surface area contributed by atoms with Crippen molar-refractivity contribution in [3.63, 3.8) is 0 Å². The summed E-state index contributed by atoms with van der Waals surface area (Å²) in [6, 6.07) is 9.05. The molecule has 1 aromatic carbocycles. The predicted molar refractivity (Wildman–Crippen MR) is 94.1 cm³/mol. The molecule has 0 aliphatic heterocycles. The third-order valence-corrected chi connectivity index (χ3v) is 5.69. The van der Waals surface area contributed by atoms with Crippen molar-refractivity contribution in [1.82, 2.24) is 0 Å². The van der Waals surface area contributed by atoms with Crippen molar-refractivity contribution in [1.29, 1.82) is 0 Å². The van der Waals surface area contributed by atoms with Crippen LogP contribution in [0.1, 0.15) is 76.8 Å². The minimum atomic E-state index is 0.0125. The normalized spacial score (nSPS) is 18.9. The summed E-state index contributed by atoms with van der Waals surface area (Å²) < 4.78 is 0. The molecule has 0 radical (unpaired) electrons. The van der Waals surface area contributed by atoms with Crippen molar-refractivity contribution < 1.29 is 4.79 Å². The van der Waals surface area contributed by atoms with Crippen molar-refractivity contribution in [3.8, 4) is 0 Å². The Labute approximate surface area is 136 Å². The fourth-order valence-corrected chi connectivity index (χ4v) is 3.94. The number of carbonyl (C=O) groups excluding carboxylic acids is 1. The Hall–Kier alpha value is -1.11. The van der Waals surface area contributed by atoms with Gasteiger partial charge in [0, 0.05) is 5.41 Å². The van der Waals surface area contributed by atoms with Crippen molar-refractivity contribution in [2.24, 2.45) is 11.3 Å². The maximum absolute atomic E-state index is 12.2. The summed E-state index contributed by atoms with van der Waals surface area (Å²) in [6.07, 6.45) is 10.6. The lowest BCUT2D eigenvalue weighted by molar-refractivity contribution is -0.129. The van der Waals surface area contributed by atoms with Crippen LogP contribution in [0.5, 0.6) is 0 Å². The first kappa shape index (κ1) is 17.2. The highest BCUT2D eigenvalue weighted by molar-refractivity contribution is 5.82. The second-order valence-electron chi connectivity index (χ2n) is 7.42. The number of ketones is 1. The van der Waals surface area contributed by atoms with Crippen LogP contribution in [0.4, 0.5) is 0 Å². The molecular weight excluding hydrogens is 268 g/mol. The van der Waals surface area contributed by atoms with Gasteiger partial charge in [-0.2, -0.15) is 0 Å². The van der Waals surface area contributed by atoms with Gasteiger partial charge in [-0.3, -0.25) is 4.79 Å². The van der Waals surface area contributed by atoms with Crippen LogP contribution in [-0.4, -0.2) is 5.78 Å². The maximum Gasteiger partial charge on any atom is 0.135 e. The van der Waals surface area contributed by atoms with E-state index in [9.17, 15) is 4.79 Å². The van der Waals surface area contributed by atoms with Crippen molar-refractivity contribution in [2.45, 2.75) is 78.6 Å². The molecule has 2 rings (SSSR count). The summed E-state index contributed by atoms with van der Waals surface area (Å²) in [7, 11) is 0. The quantitative estimate of drug-likeness (QED) is 0.627. The number of rotatable bonds is 7. The van der Waals surface area contributed by atoms with Gasteiger partial charge >= 0.3 is 0 Å². The van der Waals surface area contributed by atoms with E-state index in [-0.39, 0.29) is 5.41 Å². The Bertz CT molecular complexity index is 465. The minimum absolute atomic E-state index is 0.0125. The average molecular weight is 300 g/mol. The zero-order chi connectivity index (χ0) is 16.0. The second-order valence-corrected chi connectivity index (χ2v) is 7.42. The molecule has 1 saturated carbocycles. The number of Topliss-reactive ketones (excluding diaryl/α,β-unsaturated/α-hetero) is 1. The van der Waals surface area contributed by atoms with Gasteiger partial charge in [-0.05, 0) is 62.5 Å². The first-order chi connectivity index (χ1) is 10.6. The molecular formula is C21H32O. The van der Waals surface area contributed by atoms with Crippen LogP contribution in [0.2, 0.25) is 0 Å². The van der Waals surface area contributed by atoms with Gasteiger partial charge in [-0.25, -0.2) is 0 Å². The molecule has 1 heteroatoms. The molecule has 1 nitrogen and oxygen atoms in total. The Balaban J connectivity index is 1.87. The molecule has 0 aromatic heterocycles. The van der Waals surface area contributed by atoms with Crippen LogP contribution in [0.15, 0.2) is 24.3 Å². The zero-order valence-corrected chi connectivity index (χ0v) is 14.7. The standard InChI is InChI=1S/C21H32O/c1-4-19-8-10-20(11-9-19)16-17(2)12-15-21(18(3)22)13-6-5-7-14-21/h8-11,17H,4-7,12-16H2,1-3H3. The fraction of sp³-hybridized carbons (Fsp3) is 0.667. The molecule has 0 spiro atoms. The summed E-state index contributed by atoms with van der Waals surface area (Å²) in [5.74, 6) is 1.09. The van der Waals surface area contributed by atoms with Crippen molar-refractivity contribution in [2.75, 3.05) is 0 Å². The Morgan fingerprint density at radius 3 is 2.23 bits per heavy atom. The van der Waals surface area contributed by atoms with Crippen LogP contribution >= 0.6 is 0 Å². The lowest BCUT2D eigenvalue weighted by Gasteiger charge is -2.35. The highest BCUT2D eigenvalue weighted by Gasteiger charge is 2.36. The number of benzene rings is 1. The zero-order valence-electron chi connectivity index (χ0n) is 14.7. The summed E-state index contributed by atoms with van der Waals surface area (Å²) in [6.45, 7) is 6.35. The Kier molecular flexibility index (Phi) is 6.23. The first-order valence-electron chi connectivity index (χ1n) is 9.14. The molecule has 122 valence electrons. The minimum Gasteiger partial charge on any atom is -0.299 e. The predicted octanol–water partition coefficient (Wildman–Crippen LogP) is 5.75. The van der Waals surface area contributed by atoms with Crippen LogP contribution in [-0.2, 0) is 17.6 Å². The molecule has 1 aliphatic rings. The summed E-state index contributed by atoms with van der Waals surface area (Å²) in [5.41, 5.74) is 2.86. The Morgan fingerprint density at radius 1 is 1.09 bits per heavy atom. The smallest absolute Gasteiger partial charge is 0.135 e. The molecule has 1 fully saturated rings. The molecule has 0 heterocycles. The van der Waals surface area contributed by atoms with Gasteiger partial charge in [-0.1, -0.05) is 57.4 Å². The highest BCUT2D eigenvalue weighted by Crippen LogP contribution is 2.42. The fourth-order valence-electron chi connectivity index (χ4n) is 3.94. The monoisotopic (exact) mass is 300 g/mol. The maximum atomic E-state index is 12.2. The number of hydrogen-bond donors (Lipinski definition) is 0. The lowest BCUT2D eigenvalue weighted by atomic mass is 9.68. The molecule has 0 N–H and O–H groups in total. The van der Waals surface area contributed by atoms with E-state index < -0.39 is 0 Å². The van der Waals surface area contributed by atoms with E-state index in [1.54, 1.807) is 0 Å². The number of hydrogen-bond acceptors (Lipinski definition) is 1. The summed E-state index contributed by atoms with van der Waals surface area (Å²) in [4.78, 5) is 12.2. The van der Waals surface area contributed by atoms with Crippen molar-refractivity contribution >= 4 is 5.78 Å². The van der Waals surface area contributed by atoms with Crippen LogP contribution < -0.4 is 0 Å². The largest absolute Gasteiger partial charge is 0.299 e. The lowest BCUT2D eigenvalue weighted by Crippen LogP contribution is -2.32. The van der Waals surface area contributed by atoms with Gasteiger partial charge in [0.05, 0.1) is 0 Å². The molecule has 22 heavy (non-hydrogen) atoms. The van der Waals surface area contributed by atoms with Gasteiger partial charge in [0.25, 0.3) is 0 Å². The van der Waals surface area contributed by atoms with E-state index in [1.165, 1.54) is 36.8 Å². The van der Waals surface area contributed by atoms with E-state index in [4.69, 9.17) is 0 Å². The second kappa shape index (κ2) is 7.94. The summed E-state index contributed by atoms with van der Waals surface area (Å²) in [5, 5.41) is 0. The van der Waals surface area contributed by atoms with Crippen LogP contribution in [0.25, 0.3) is 0 Å². The summed E-state index contributed by atoms with van der Waals surface area (Å²) >= 11 is 0. The molecule has 1 aromatic rings. The first-order valence-corrected chi connectivity index (χ1v) is 9.14. The van der Waals surface area contributed by atoms with Gasteiger partial charge in [-0.15, -0.1) is 0 Å². The SMILES string of the molecule is CCc1ccc(CC(C)CCC2(C(C)=O)CCCCC2)cc1. The van der Waals surface area contributed by atoms with Crippen molar-refractivity contribution in [3.05, 3.63) is 35.4 Å². The van der Waals surface area contributed by atoms with E-state index in [0.717, 1.165) is 32.1 Å². The molecule has 0 amide bonds. The van der Waals surface area contributed by atoms with E-state index in [2.05, 4.69) is 38.1 Å². The highest BCUT2D eigenvalue weighted by atomic mass is 16.1.